The third-order valence-corrected chi connectivity index (χ3v) is 5.83. The van der Waals surface area contributed by atoms with Gasteiger partial charge in [-0.3, -0.25) is 14.4 Å². The molecular weight excluding hydrogens is 388 g/mol. The van der Waals surface area contributed by atoms with Crippen LogP contribution < -0.4 is 5.32 Å². The number of carbonyl (C=O) groups is 3. The quantitative estimate of drug-likeness (QED) is 0.705. The molecule has 0 aromatic heterocycles. The number of benzene rings is 2. The van der Waals surface area contributed by atoms with Crippen molar-refractivity contribution in [3.05, 3.63) is 60.2 Å². The summed E-state index contributed by atoms with van der Waals surface area (Å²) in [6, 6.07) is 17.1. The van der Waals surface area contributed by atoms with E-state index in [0.29, 0.717) is 6.54 Å². The molecule has 0 bridgehead atoms. The van der Waals surface area contributed by atoms with Crippen molar-refractivity contribution in [3.63, 3.8) is 0 Å². The van der Waals surface area contributed by atoms with E-state index in [0.717, 1.165) is 16.1 Å². The van der Waals surface area contributed by atoms with Gasteiger partial charge in [-0.1, -0.05) is 42.5 Å². The molecule has 152 valence electrons. The lowest BCUT2D eigenvalue weighted by atomic mass is 10.2. The Hall–Kier alpha value is -2.80. The summed E-state index contributed by atoms with van der Waals surface area (Å²) in [5, 5.41) is 2.23. The van der Waals surface area contributed by atoms with E-state index in [1.807, 2.05) is 68.4 Å². The minimum Gasteiger partial charge on any atom is -0.456 e. The predicted octanol–water partition coefficient (Wildman–Crippen LogP) is 3.47. The Morgan fingerprint density at radius 1 is 1.10 bits per heavy atom. The van der Waals surface area contributed by atoms with Crippen LogP contribution in [0, 0.1) is 0 Å². The number of nitrogens with one attached hydrogen (secondary N) is 1. The van der Waals surface area contributed by atoms with E-state index in [1.54, 1.807) is 4.90 Å². The Labute approximate surface area is 174 Å². The Bertz CT molecular complexity index is 885. The highest BCUT2D eigenvalue weighted by molar-refractivity contribution is 8.01. The summed E-state index contributed by atoms with van der Waals surface area (Å²) >= 11 is 1.33. The summed E-state index contributed by atoms with van der Waals surface area (Å²) < 4.78 is 5.19. The lowest BCUT2D eigenvalue weighted by molar-refractivity contribution is -0.153. The number of ether oxygens (including phenoxy) is 1. The summed E-state index contributed by atoms with van der Waals surface area (Å²) in [6.45, 7) is 3.96. The van der Waals surface area contributed by atoms with Crippen molar-refractivity contribution in [2.75, 3.05) is 11.9 Å². The van der Waals surface area contributed by atoms with Crippen molar-refractivity contribution < 1.29 is 19.1 Å². The Balaban J connectivity index is 1.53. The fourth-order valence-corrected chi connectivity index (χ4v) is 4.10. The maximum Gasteiger partial charge on any atom is 0.307 e. The van der Waals surface area contributed by atoms with Gasteiger partial charge in [0.1, 0.15) is 0 Å². The first-order chi connectivity index (χ1) is 13.9. The lowest BCUT2D eigenvalue weighted by Gasteiger charge is -2.27. The van der Waals surface area contributed by atoms with Crippen LogP contribution in [0.15, 0.2) is 59.5 Å². The van der Waals surface area contributed by atoms with E-state index < -0.39 is 11.2 Å². The van der Waals surface area contributed by atoms with E-state index in [-0.39, 0.29) is 30.9 Å². The molecule has 7 heteroatoms. The largest absolute Gasteiger partial charge is 0.456 e. The summed E-state index contributed by atoms with van der Waals surface area (Å²) in [4.78, 5) is 39.6. The van der Waals surface area contributed by atoms with Gasteiger partial charge < -0.3 is 15.0 Å². The molecule has 0 unspecified atom stereocenters. The highest BCUT2D eigenvalue weighted by Gasteiger charge is 2.30. The van der Waals surface area contributed by atoms with Crippen LogP contribution in [0.4, 0.5) is 5.69 Å². The van der Waals surface area contributed by atoms with Gasteiger partial charge in [-0.25, -0.2) is 0 Å². The topological polar surface area (TPSA) is 75.7 Å². The molecule has 0 saturated carbocycles. The second-order valence-electron chi connectivity index (χ2n) is 7.06. The third kappa shape index (κ3) is 5.60. The van der Waals surface area contributed by atoms with Crippen molar-refractivity contribution >= 4 is 35.2 Å². The molecule has 2 aromatic rings. The summed E-state index contributed by atoms with van der Waals surface area (Å²) in [5.74, 6) is -1.05. The third-order valence-electron chi connectivity index (χ3n) is 4.55. The molecule has 29 heavy (non-hydrogen) atoms. The van der Waals surface area contributed by atoms with Gasteiger partial charge in [0.25, 0.3) is 5.91 Å². The average Bonchev–Trinajstić information content (AvgIpc) is 2.71. The number of esters is 1. The number of hydrogen-bond acceptors (Lipinski definition) is 5. The molecule has 1 atom stereocenters. The van der Waals surface area contributed by atoms with E-state index in [4.69, 9.17) is 4.74 Å². The van der Waals surface area contributed by atoms with E-state index >= 15 is 0 Å². The normalized spacial score (nSPS) is 15.4. The van der Waals surface area contributed by atoms with Gasteiger partial charge in [0.2, 0.25) is 5.91 Å². The predicted molar refractivity (Wildman–Crippen MR) is 112 cm³/mol. The van der Waals surface area contributed by atoms with Gasteiger partial charge in [0, 0.05) is 17.5 Å². The van der Waals surface area contributed by atoms with Crippen LogP contribution in [0.3, 0.4) is 0 Å². The smallest absolute Gasteiger partial charge is 0.307 e. The molecule has 6 nitrogen and oxygen atoms in total. The molecule has 1 heterocycles. The Morgan fingerprint density at radius 2 is 1.79 bits per heavy atom. The van der Waals surface area contributed by atoms with Crippen LogP contribution in [0.1, 0.15) is 25.8 Å². The number of hydrogen-bond donors (Lipinski definition) is 1. The molecule has 3 rings (SSSR count). The number of carbonyl (C=O) groups excluding carboxylic acids is 3. The Kier molecular flexibility index (Phi) is 6.93. The highest BCUT2D eigenvalue weighted by atomic mass is 32.2. The van der Waals surface area contributed by atoms with Crippen LogP contribution >= 0.6 is 11.8 Å². The van der Waals surface area contributed by atoms with Gasteiger partial charge in [0.05, 0.1) is 17.4 Å². The molecule has 1 N–H and O–H groups in total. The first-order valence-corrected chi connectivity index (χ1v) is 10.4. The zero-order chi connectivity index (χ0) is 20.8. The fourth-order valence-electron chi connectivity index (χ4n) is 3.00. The van der Waals surface area contributed by atoms with Crippen LogP contribution in [0.25, 0.3) is 0 Å². The van der Waals surface area contributed by atoms with Crippen molar-refractivity contribution in [2.45, 2.75) is 43.0 Å². The number of nitrogens with zero attached hydrogens (tertiary/aromatic N) is 1. The maximum absolute atomic E-state index is 12.6. The molecule has 0 aliphatic carbocycles. The summed E-state index contributed by atoms with van der Waals surface area (Å²) in [6.07, 6.45) is -0.0848. The number of para-hydroxylation sites is 1. The Morgan fingerprint density at radius 3 is 2.52 bits per heavy atom. The molecule has 2 aromatic carbocycles. The fraction of sp³-hybridized carbons (Fsp3) is 0.318. The molecule has 0 spiro atoms. The average molecular weight is 413 g/mol. The zero-order valence-corrected chi connectivity index (χ0v) is 17.3. The van der Waals surface area contributed by atoms with Gasteiger partial charge in [-0.05, 0) is 31.5 Å². The lowest BCUT2D eigenvalue weighted by Crippen LogP contribution is -2.39. The molecular formula is C22H24N2O4S. The summed E-state index contributed by atoms with van der Waals surface area (Å²) in [5.41, 5.74) is 1.76. The molecule has 0 radical (unpaired) electrons. The number of thioether (sulfide) groups is 1. The SMILES string of the molecule is CC(C)N(Cc1ccccc1)C(=O)COC(=O)C[C@H]1Sc2ccccc2NC1=O. The van der Waals surface area contributed by atoms with Crippen LogP contribution in [0.2, 0.25) is 0 Å². The van der Waals surface area contributed by atoms with E-state index in [2.05, 4.69) is 5.32 Å². The molecule has 1 aliphatic rings. The van der Waals surface area contributed by atoms with Crippen molar-refractivity contribution in [1.82, 2.24) is 4.90 Å². The molecule has 0 saturated heterocycles. The minimum atomic E-state index is -0.571. The van der Waals surface area contributed by atoms with E-state index in [1.165, 1.54) is 11.8 Å². The molecule has 0 fully saturated rings. The maximum atomic E-state index is 12.6. The number of rotatable bonds is 7. The number of anilines is 1. The van der Waals surface area contributed by atoms with Crippen molar-refractivity contribution in [3.8, 4) is 0 Å². The highest BCUT2D eigenvalue weighted by Crippen LogP contribution is 2.36. The van der Waals surface area contributed by atoms with Gasteiger partial charge >= 0.3 is 5.97 Å². The van der Waals surface area contributed by atoms with Gasteiger partial charge in [-0.2, -0.15) is 0 Å². The minimum absolute atomic E-state index is 0.0300. The van der Waals surface area contributed by atoms with Crippen molar-refractivity contribution in [2.24, 2.45) is 0 Å². The van der Waals surface area contributed by atoms with Crippen LogP contribution in [0.5, 0.6) is 0 Å². The second kappa shape index (κ2) is 9.60. The number of amides is 2. The zero-order valence-electron chi connectivity index (χ0n) is 16.5. The van der Waals surface area contributed by atoms with E-state index in [9.17, 15) is 14.4 Å². The standard InChI is InChI=1S/C22H24N2O4S/c1-15(2)24(13-16-8-4-3-5-9-16)20(25)14-28-21(26)12-19-22(27)23-17-10-6-7-11-18(17)29-19/h3-11,15,19H,12-14H2,1-2H3,(H,23,27)/t19-/m1/s1. The molecule has 2 amide bonds. The van der Waals surface area contributed by atoms with Crippen LogP contribution in [-0.4, -0.2) is 40.6 Å². The second-order valence-corrected chi connectivity index (χ2v) is 8.30. The first-order valence-electron chi connectivity index (χ1n) is 9.49. The monoisotopic (exact) mass is 412 g/mol. The van der Waals surface area contributed by atoms with Crippen molar-refractivity contribution in [1.29, 1.82) is 0 Å². The summed E-state index contributed by atoms with van der Waals surface area (Å²) in [7, 11) is 0. The van der Waals surface area contributed by atoms with Gasteiger partial charge in [-0.15, -0.1) is 11.8 Å². The first kappa shape index (κ1) is 20.9. The van der Waals surface area contributed by atoms with Crippen LogP contribution in [-0.2, 0) is 25.7 Å². The molecule has 1 aliphatic heterocycles. The number of fused-ring (bicyclic) bond motifs is 1. The van der Waals surface area contributed by atoms with Gasteiger partial charge in [0.15, 0.2) is 6.61 Å².